The minimum atomic E-state index is -0.728. The van der Waals surface area contributed by atoms with Gasteiger partial charge in [0.05, 0.1) is 66.1 Å². The van der Waals surface area contributed by atoms with Gasteiger partial charge in [-0.1, -0.05) is 6.92 Å². The largest absolute Gasteiger partial charge is 0.444 e. The zero-order valence-corrected chi connectivity index (χ0v) is 33.0. The first-order valence-corrected chi connectivity index (χ1v) is 18.4. The number of ether oxygens (including phenoxy) is 8. The van der Waals surface area contributed by atoms with Crippen LogP contribution in [0.5, 0.6) is 0 Å². The monoisotopic (exact) mass is 765 g/mol. The Morgan fingerprint density at radius 2 is 0.925 bits per heavy atom. The van der Waals surface area contributed by atoms with Crippen LogP contribution in [0.3, 0.4) is 0 Å². The van der Waals surface area contributed by atoms with Crippen molar-refractivity contribution in [2.75, 3.05) is 105 Å². The van der Waals surface area contributed by atoms with Gasteiger partial charge in [0.15, 0.2) is 0 Å². The van der Waals surface area contributed by atoms with E-state index >= 15 is 0 Å². The van der Waals surface area contributed by atoms with Crippen molar-refractivity contribution >= 4 is 29.9 Å². The summed E-state index contributed by atoms with van der Waals surface area (Å²) >= 11 is 0. The van der Waals surface area contributed by atoms with Crippen molar-refractivity contribution < 1.29 is 61.9 Å². The predicted molar refractivity (Wildman–Crippen MR) is 195 cm³/mol. The highest BCUT2D eigenvalue weighted by Gasteiger charge is 2.20. The second-order valence-electron chi connectivity index (χ2n) is 13.7. The summed E-state index contributed by atoms with van der Waals surface area (Å²) in [5.74, 6) is -0.958. The lowest BCUT2D eigenvalue weighted by atomic mass is 10.1. The molecule has 0 saturated heterocycles. The Balaban J connectivity index is 3.94. The molecule has 53 heavy (non-hydrogen) atoms. The van der Waals surface area contributed by atoms with Gasteiger partial charge in [0.2, 0.25) is 17.7 Å². The highest BCUT2D eigenvalue weighted by atomic mass is 16.6. The van der Waals surface area contributed by atoms with Crippen molar-refractivity contribution in [1.82, 2.24) is 26.6 Å². The van der Waals surface area contributed by atoms with Crippen molar-refractivity contribution in [3.8, 4) is 0 Å². The number of amides is 5. The van der Waals surface area contributed by atoms with Gasteiger partial charge in [0.1, 0.15) is 30.5 Å². The average molecular weight is 766 g/mol. The molecule has 0 rings (SSSR count). The summed E-state index contributed by atoms with van der Waals surface area (Å²) in [5.41, 5.74) is -1.11. The summed E-state index contributed by atoms with van der Waals surface area (Å²) < 4.78 is 42.5. The van der Waals surface area contributed by atoms with Crippen LogP contribution in [0, 0.1) is 0 Å². The number of hydrogen-bond acceptors (Lipinski definition) is 13. The van der Waals surface area contributed by atoms with Gasteiger partial charge in [0, 0.05) is 26.2 Å². The van der Waals surface area contributed by atoms with Crippen molar-refractivity contribution in [3.63, 3.8) is 0 Å². The number of hydrogen-bond donors (Lipinski definition) is 5. The average Bonchev–Trinajstić information content (AvgIpc) is 3.06. The lowest BCUT2D eigenvalue weighted by Gasteiger charge is -2.19. The summed E-state index contributed by atoms with van der Waals surface area (Å²) in [7, 11) is 0. The summed E-state index contributed by atoms with van der Waals surface area (Å²) in [6, 6.07) is -0.728. The van der Waals surface area contributed by atoms with E-state index in [0.717, 1.165) is 6.42 Å². The van der Waals surface area contributed by atoms with Gasteiger partial charge < -0.3 is 64.5 Å². The highest BCUT2D eigenvalue weighted by Crippen LogP contribution is 2.07. The van der Waals surface area contributed by atoms with Crippen LogP contribution in [0.4, 0.5) is 9.59 Å². The Kier molecular flexibility index (Phi) is 29.2. The van der Waals surface area contributed by atoms with Gasteiger partial charge in [-0.15, -0.1) is 0 Å². The zero-order valence-electron chi connectivity index (χ0n) is 33.0. The number of carbonyl (C=O) groups is 5. The minimum absolute atomic E-state index is 0.109. The van der Waals surface area contributed by atoms with E-state index in [1.807, 2.05) is 6.92 Å². The highest BCUT2D eigenvalue weighted by molar-refractivity contribution is 5.88. The van der Waals surface area contributed by atoms with Gasteiger partial charge >= 0.3 is 12.2 Å². The molecule has 0 spiro atoms. The molecule has 0 radical (unpaired) electrons. The fourth-order valence-corrected chi connectivity index (χ4v) is 3.92. The van der Waals surface area contributed by atoms with Crippen molar-refractivity contribution in [2.45, 2.75) is 91.4 Å². The lowest BCUT2D eigenvalue weighted by Crippen LogP contribution is -2.48. The molecule has 0 aliphatic carbocycles. The minimum Gasteiger partial charge on any atom is -0.444 e. The Labute approximate surface area is 315 Å². The first-order chi connectivity index (χ1) is 25.1. The number of unbranched alkanes of at least 4 members (excludes halogenated alkanes) is 1. The molecule has 0 aromatic rings. The van der Waals surface area contributed by atoms with Crippen LogP contribution in [0.25, 0.3) is 0 Å². The van der Waals surface area contributed by atoms with Crippen LogP contribution in [-0.2, 0) is 52.3 Å². The van der Waals surface area contributed by atoms with E-state index in [0.29, 0.717) is 91.7 Å². The molecule has 0 bridgehead atoms. The fourth-order valence-electron chi connectivity index (χ4n) is 3.92. The van der Waals surface area contributed by atoms with E-state index in [4.69, 9.17) is 37.9 Å². The Bertz CT molecular complexity index is 1010. The molecule has 0 fully saturated rings. The van der Waals surface area contributed by atoms with E-state index in [2.05, 4.69) is 26.6 Å². The molecule has 1 atom stereocenters. The molecule has 0 heterocycles. The molecule has 5 N–H and O–H groups in total. The summed E-state index contributed by atoms with van der Waals surface area (Å²) in [6.07, 6.45) is 1.35. The van der Waals surface area contributed by atoms with Crippen LogP contribution in [0.1, 0.15) is 74.1 Å². The molecule has 5 amide bonds. The second kappa shape index (κ2) is 31.1. The van der Waals surface area contributed by atoms with E-state index in [1.54, 1.807) is 41.5 Å². The van der Waals surface area contributed by atoms with Gasteiger partial charge in [-0.2, -0.15) is 0 Å². The Morgan fingerprint density at radius 1 is 0.491 bits per heavy atom. The van der Waals surface area contributed by atoms with E-state index in [9.17, 15) is 24.0 Å². The molecule has 0 aromatic heterocycles. The predicted octanol–water partition coefficient (Wildman–Crippen LogP) is 1.43. The molecule has 0 saturated carbocycles. The maximum atomic E-state index is 12.6. The van der Waals surface area contributed by atoms with Gasteiger partial charge in [-0.05, 0) is 67.2 Å². The maximum Gasteiger partial charge on any atom is 0.407 e. The number of carbonyl (C=O) groups excluding carboxylic acids is 5. The van der Waals surface area contributed by atoms with Crippen LogP contribution in [0.15, 0.2) is 0 Å². The second-order valence-corrected chi connectivity index (χ2v) is 13.7. The SMILES string of the molecule is CCCNC(=O)C(CCCCNC(=O)COCCOCCOCCNC(=O)OC(C)(C)C)NC(=O)COCCOCCOCCNC(=O)OC(C)(C)C. The number of rotatable bonds is 31. The van der Waals surface area contributed by atoms with Crippen molar-refractivity contribution in [2.24, 2.45) is 0 Å². The van der Waals surface area contributed by atoms with Crippen LogP contribution in [0.2, 0.25) is 0 Å². The van der Waals surface area contributed by atoms with Crippen LogP contribution < -0.4 is 26.6 Å². The Morgan fingerprint density at radius 3 is 1.38 bits per heavy atom. The zero-order chi connectivity index (χ0) is 39.8. The lowest BCUT2D eigenvalue weighted by molar-refractivity contribution is -0.132. The number of alkyl carbamates (subject to hydrolysis) is 2. The van der Waals surface area contributed by atoms with Crippen molar-refractivity contribution in [1.29, 1.82) is 0 Å². The topological polar surface area (TPSA) is 219 Å². The summed E-state index contributed by atoms with van der Waals surface area (Å²) in [6.45, 7) is 16.8. The molecule has 0 aliphatic rings. The molecule has 0 aromatic carbocycles. The molecule has 18 heteroatoms. The van der Waals surface area contributed by atoms with E-state index < -0.39 is 35.3 Å². The smallest absolute Gasteiger partial charge is 0.407 e. The Hall–Kier alpha value is -3.29. The molecule has 310 valence electrons. The molecule has 1 unspecified atom stereocenters. The van der Waals surface area contributed by atoms with Crippen LogP contribution in [-0.4, -0.2) is 153 Å². The number of nitrogens with one attached hydrogen (secondary N) is 5. The van der Waals surface area contributed by atoms with Gasteiger partial charge in [0.25, 0.3) is 0 Å². The first-order valence-electron chi connectivity index (χ1n) is 18.4. The third-order valence-corrected chi connectivity index (χ3v) is 6.23. The normalized spacial score (nSPS) is 12.1. The molecular weight excluding hydrogens is 698 g/mol. The maximum absolute atomic E-state index is 12.6. The molecular formula is C35H67N5O13. The third kappa shape index (κ3) is 35.5. The van der Waals surface area contributed by atoms with E-state index in [-0.39, 0.29) is 44.8 Å². The quantitative estimate of drug-likeness (QED) is 0.0632. The first kappa shape index (κ1) is 49.7. The standard InChI is InChI=1S/C35H67N5O13/c1-8-12-37-31(43)28(40-30(42)27-51-25-23-49-21-19-47-17-15-39-33(45)53-35(5,6)7)11-9-10-13-36-29(41)26-50-24-22-48-20-18-46-16-14-38-32(44)52-34(2,3)4/h28H,8-27H2,1-7H3,(H,36,41)(H,37,43)(H,38,44)(H,39,45)(H,40,42). The van der Waals surface area contributed by atoms with Crippen molar-refractivity contribution in [3.05, 3.63) is 0 Å². The fraction of sp³-hybridized carbons (Fsp3) is 0.857. The van der Waals surface area contributed by atoms with Gasteiger partial charge in [-0.25, -0.2) is 9.59 Å². The van der Waals surface area contributed by atoms with Crippen LogP contribution >= 0.6 is 0 Å². The van der Waals surface area contributed by atoms with Gasteiger partial charge in [-0.3, -0.25) is 14.4 Å². The van der Waals surface area contributed by atoms with E-state index in [1.165, 1.54) is 0 Å². The third-order valence-electron chi connectivity index (χ3n) is 6.23. The summed E-state index contributed by atoms with van der Waals surface area (Å²) in [4.78, 5) is 60.2. The molecule has 18 nitrogen and oxygen atoms in total. The molecule has 0 aliphatic heterocycles. The summed E-state index contributed by atoms with van der Waals surface area (Å²) in [5, 5.41) is 13.5.